The zero-order valence-electron chi connectivity index (χ0n) is 14.1. The standard InChI is InChI=1S/C18H25N5/c1-18(2,3)14-10-6-7-11-15(14)21-16-12-19-23-17(22-16)20-13-8-4-5-9-13/h6-7,10-13H,4-5,8-9H2,1-3H3,(H2,20,21,22,23). The highest BCUT2D eigenvalue weighted by Gasteiger charge is 2.18. The van der Waals surface area contributed by atoms with Crippen LogP contribution in [0.3, 0.4) is 0 Å². The van der Waals surface area contributed by atoms with Gasteiger partial charge in [0.2, 0.25) is 5.95 Å². The normalized spacial score (nSPS) is 15.6. The van der Waals surface area contributed by atoms with Crippen molar-refractivity contribution in [1.29, 1.82) is 0 Å². The molecule has 1 aliphatic carbocycles. The van der Waals surface area contributed by atoms with Gasteiger partial charge < -0.3 is 10.6 Å². The molecular formula is C18H25N5. The van der Waals surface area contributed by atoms with Crippen LogP contribution in [0.15, 0.2) is 30.5 Å². The van der Waals surface area contributed by atoms with Gasteiger partial charge in [-0.3, -0.25) is 0 Å². The van der Waals surface area contributed by atoms with Crippen molar-refractivity contribution in [2.24, 2.45) is 0 Å². The molecule has 2 aromatic rings. The average molecular weight is 311 g/mol. The predicted molar refractivity (Wildman–Crippen MR) is 94.1 cm³/mol. The van der Waals surface area contributed by atoms with Gasteiger partial charge in [0.05, 0.1) is 6.20 Å². The highest BCUT2D eigenvalue weighted by atomic mass is 15.3. The van der Waals surface area contributed by atoms with E-state index in [4.69, 9.17) is 0 Å². The lowest BCUT2D eigenvalue weighted by Gasteiger charge is -2.23. The van der Waals surface area contributed by atoms with Gasteiger partial charge in [0.25, 0.3) is 0 Å². The fourth-order valence-corrected chi connectivity index (χ4v) is 3.06. The minimum absolute atomic E-state index is 0.0645. The molecule has 23 heavy (non-hydrogen) atoms. The van der Waals surface area contributed by atoms with Crippen molar-refractivity contribution in [2.75, 3.05) is 10.6 Å². The van der Waals surface area contributed by atoms with Gasteiger partial charge >= 0.3 is 0 Å². The number of nitrogens with one attached hydrogen (secondary N) is 2. The lowest BCUT2D eigenvalue weighted by molar-refractivity contribution is 0.592. The average Bonchev–Trinajstić information content (AvgIpc) is 3.00. The Bertz CT molecular complexity index is 656. The largest absolute Gasteiger partial charge is 0.350 e. The van der Waals surface area contributed by atoms with E-state index in [1.165, 1.54) is 31.2 Å². The van der Waals surface area contributed by atoms with Crippen LogP contribution in [0.25, 0.3) is 0 Å². The van der Waals surface area contributed by atoms with Crippen LogP contribution in [0.5, 0.6) is 0 Å². The monoisotopic (exact) mass is 311 g/mol. The van der Waals surface area contributed by atoms with Gasteiger partial charge in [-0.25, -0.2) is 0 Å². The van der Waals surface area contributed by atoms with Crippen LogP contribution in [0.4, 0.5) is 17.5 Å². The molecule has 0 amide bonds. The van der Waals surface area contributed by atoms with Crippen molar-refractivity contribution in [3.63, 3.8) is 0 Å². The van der Waals surface area contributed by atoms with Crippen LogP contribution in [0.1, 0.15) is 52.0 Å². The van der Waals surface area contributed by atoms with Crippen molar-refractivity contribution >= 4 is 17.5 Å². The van der Waals surface area contributed by atoms with E-state index in [9.17, 15) is 0 Å². The second kappa shape index (κ2) is 6.52. The second-order valence-corrected chi connectivity index (χ2v) is 7.21. The molecule has 0 bridgehead atoms. The van der Waals surface area contributed by atoms with Crippen LogP contribution >= 0.6 is 0 Å². The lowest BCUT2D eigenvalue weighted by atomic mass is 9.86. The van der Waals surface area contributed by atoms with Crippen LogP contribution in [0, 0.1) is 0 Å². The summed E-state index contributed by atoms with van der Waals surface area (Å²) in [6, 6.07) is 8.80. The zero-order chi connectivity index (χ0) is 16.3. The van der Waals surface area contributed by atoms with E-state index in [2.05, 4.69) is 64.8 Å². The van der Waals surface area contributed by atoms with Crippen molar-refractivity contribution in [3.05, 3.63) is 36.0 Å². The first-order chi connectivity index (χ1) is 11.0. The Balaban J connectivity index is 1.78. The maximum atomic E-state index is 4.56. The fraction of sp³-hybridized carbons (Fsp3) is 0.500. The predicted octanol–water partition coefficient (Wildman–Crippen LogP) is 4.27. The van der Waals surface area contributed by atoms with Gasteiger partial charge in [-0.1, -0.05) is 51.8 Å². The van der Waals surface area contributed by atoms with E-state index in [0.29, 0.717) is 12.0 Å². The third-order valence-electron chi connectivity index (χ3n) is 4.25. The van der Waals surface area contributed by atoms with E-state index in [1.54, 1.807) is 6.20 Å². The fourth-order valence-electron chi connectivity index (χ4n) is 3.06. The number of rotatable bonds is 4. The van der Waals surface area contributed by atoms with Gasteiger partial charge in [-0.15, -0.1) is 5.10 Å². The molecule has 1 aromatic heterocycles. The molecule has 1 heterocycles. The van der Waals surface area contributed by atoms with Gasteiger partial charge in [-0.2, -0.15) is 10.1 Å². The summed E-state index contributed by atoms with van der Waals surface area (Å²) < 4.78 is 0. The highest BCUT2D eigenvalue weighted by Crippen LogP contribution is 2.30. The van der Waals surface area contributed by atoms with Crippen LogP contribution < -0.4 is 10.6 Å². The van der Waals surface area contributed by atoms with Crippen molar-refractivity contribution in [2.45, 2.75) is 57.9 Å². The zero-order valence-corrected chi connectivity index (χ0v) is 14.1. The van der Waals surface area contributed by atoms with E-state index < -0.39 is 0 Å². The number of benzene rings is 1. The first-order valence-electron chi connectivity index (χ1n) is 8.35. The second-order valence-electron chi connectivity index (χ2n) is 7.21. The van der Waals surface area contributed by atoms with Gasteiger partial charge in [0.15, 0.2) is 5.82 Å². The van der Waals surface area contributed by atoms with Crippen molar-refractivity contribution in [1.82, 2.24) is 15.2 Å². The van der Waals surface area contributed by atoms with Crippen LogP contribution in [0.2, 0.25) is 0 Å². The molecule has 0 atom stereocenters. The third kappa shape index (κ3) is 3.97. The smallest absolute Gasteiger partial charge is 0.244 e. The van der Waals surface area contributed by atoms with Crippen LogP contribution in [-0.2, 0) is 5.41 Å². The highest BCUT2D eigenvalue weighted by molar-refractivity contribution is 5.62. The minimum atomic E-state index is 0.0645. The maximum absolute atomic E-state index is 4.56. The summed E-state index contributed by atoms with van der Waals surface area (Å²) in [6.07, 6.45) is 6.60. The first-order valence-corrected chi connectivity index (χ1v) is 8.35. The summed E-state index contributed by atoms with van der Waals surface area (Å²) in [7, 11) is 0. The Hall–Kier alpha value is -2.17. The SMILES string of the molecule is CC(C)(C)c1ccccc1Nc1cnnc(NC2CCCC2)n1. The summed E-state index contributed by atoms with van der Waals surface area (Å²) in [5.74, 6) is 1.33. The molecule has 0 spiro atoms. The van der Waals surface area contributed by atoms with E-state index in [-0.39, 0.29) is 5.41 Å². The molecule has 1 fully saturated rings. The number of para-hydroxylation sites is 1. The van der Waals surface area contributed by atoms with Gasteiger partial charge in [-0.05, 0) is 29.9 Å². The summed E-state index contributed by atoms with van der Waals surface area (Å²) in [4.78, 5) is 4.56. The Kier molecular flexibility index (Phi) is 4.46. The van der Waals surface area contributed by atoms with Crippen molar-refractivity contribution < 1.29 is 0 Å². The molecule has 1 aromatic carbocycles. The molecular weight excluding hydrogens is 286 g/mol. The van der Waals surface area contributed by atoms with Crippen LogP contribution in [-0.4, -0.2) is 21.2 Å². The quantitative estimate of drug-likeness (QED) is 0.883. The molecule has 0 radical (unpaired) electrons. The lowest BCUT2D eigenvalue weighted by Crippen LogP contribution is -2.17. The third-order valence-corrected chi connectivity index (χ3v) is 4.25. The minimum Gasteiger partial charge on any atom is -0.350 e. The van der Waals surface area contributed by atoms with E-state index in [0.717, 1.165) is 11.5 Å². The molecule has 5 nitrogen and oxygen atoms in total. The summed E-state index contributed by atoms with van der Waals surface area (Å²) in [5, 5.41) is 15.0. The number of nitrogens with zero attached hydrogens (tertiary/aromatic N) is 3. The molecule has 0 aliphatic heterocycles. The molecule has 1 aliphatic rings. The molecule has 2 N–H and O–H groups in total. The van der Waals surface area contributed by atoms with Gasteiger partial charge in [0.1, 0.15) is 0 Å². The Morgan fingerprint density at radius 3 is 2.57 bits per heavy atom. The number of hydrogen-bond donors (Lipinski definition) is 2. The molecule has 0 saturated heterocycles. The molecule has 1 saturated carbocycles. The Morgan fingerprint density at radius 1 is 1.09 bits per heavy atom. The van der Waals surface area contributed by atoms with Gasteiger partial charge in [0, 0.05) is 11.7 Å². The molecule has 5 heteroatoms. The first kappa shape index (κ1) is 15.7. The molecule has 122 valence electrons. The summed E-state index contributed by atoms with van der Waals surface area (Å²) in [5.41, 5.74) is 2.38. The number of hydrogen-bond acceptors (Lipinski definition) is 5. The Labute approximate surface area is 137 Å². The molecule has 3 rings (SSSR count). The Morgan fingerprint density at radius 2 is 1.83 bits per heavy atom. The maximum Gasteiger partial charge on any atom is 0.244 e. The van der Waals surface area contributed by atoms with E-state index >= 15 is 0 Å². The summed E-state index contributed by atoms with van der Waals surface area (Å²) >= 11 is 0. The topological polar surface area (TPSA) is 62.7 Å². The van der Waals surface area contributed by atoms with Crippen molar-refractivity contribution in [3.8, 4) is 0 Å². The summed E-state index contributed by atoms with van der Waals surface area (Å²) in [6.45, 7) is 6.62. The molecule has 0 unspecified atom stereocenters. The van der Waals surface area contributed by atoms with E-state index in [1.807, 2.05) is 6.07 Å². The number of anilines is 3. The number of aromatic nitrogens is 3.